The van der Waals surface area contributed by atoms with Crippen molar-refractivity contribution in [2.24, 2.45) is 11.8 Å². The summed E-state index contributed by atoms with van der Waals surface area (Å²) in [5.41, 5.74) is 0.600. The van der Waals surface area contributed by atoms with E-state index in [2.05, 4.69) is 23.2 Å². The van der Waals surface area contributed by atoms with Gasteiger partial charge >= 0.3 is 6.36 Å². The molecule has 0 unspecified atom stereocenters. The van der Waals surface area contributed by atoms with E-state index in [1.165, 1.54) is 56.4 Å². The molecular formula is C23H27F3O3. The van der Waals surface area contributed by atoms with Gasteiger partial charge in [-0.2, -0.15) is 0 Å². The quantitative estimate of drug-likeness (QED) is 0.476. The Labute approximate surface area is 170 Å². The molecule has 1 heterocycles. The van der Waals surface area contributed by atoms with Gasteiger partial charge < -0.3 is 14.2 Å². The zero-order valence-electron chi connectivity index (χ0n) is 16.4. The molecule has 0 bridgehead atoms. The van der Waals surface area contributed by atoms with Gasteiger partial charge in [-0.3, -0.25) is 0 Å². The second-order valence-electron chi connectivity index (χ2n) is 7.68. The number of hydrogen-bond donors (Lipinski definition) is 0. The van der Waals surface area contributed by atoms with E-state index in [1.807, 2.05) is 6.08 Å². The van der Waals surface area contributed by atoms with Gasteiger partial charge in [0.2, 0.25) is 0 Å². The Morgan fingerprint density at radius 1 is 1.07 bits per heavy atom. The molecule has 29 heavy (non-hydrogen) atoms. The minimum atomic E-state index is -4.69. The molecule has 6 heteroatoms. The summed E-state index contributed by atoms with van der Waals surface area (Å²) in [7, 11) is 0. The van der Waals surface area contributed by atoms with Crippen LogP contribution in [0.3, 0.4) is 0 Å². The van der Waals surface area contributed by atoms with E-state index in [0.29, 0.717) is 24.7 Å². The van der Waals surface area contributed by atoms with Crippen molar-refractivity contribution in [3.8, 4) is 17.6 Å². The highest BCUT2D eigenvalue weighted by Crippen LogP contribution is 2.35. The normalized spacial score (nSPS) is 27.6. The molecule has 2 aliphatic rings. The Hall–Kier alpha value is -1.97. The lowest BCUT2D eigenvalue weighted by Gasteiger charge is -2.36. The Bertz CT molecular complexity index is 702. The minimum Gasteiger partial charge on any atom is -0.406 e. The predicted molar refractivity (Wildman–Crippen MR) is 104 cm³/mol. The summed E-state index contributed by atoms with van der Waals surface area (Å²) >= 11 is 0. The van der Waals surface area contributed by atoms with Crippen LogP contribution in [0, 0.1) is 23.7 Å². The van der Waals surface area contributed by atoms with Crippen LogP contribution in [0.1, 0.15) is 44.1 Å². The number of rotatable bonds is 5. The maximum absolute atomic E-state index is 12.2. The molecule has 0 spiro atoms. The van der Waals surface area contributed by atoms with Gasteiger partial charge in [0.25, 0.3) is 0 Å². The van der Waals surface area contributed by atoms with Crippen molar-refractivity contribution in [2.75, 3.05) is 13.2 Å². The Morgan fingerprint density at radius 3 is 2.38 bits per heavy atom. The fraction of sp³-hybridized carbons (Fsp3) is 0.565. The molecule has 0 amide bonds. The molecule has 1 aliphatic heterocycles. The van der Waals surface area contributed by atoms with Gasteiger partial charge in [0.1, 0.15) is 11.9 Å². The maximum atomic E-state index is 12.2. The molecule has 1 saturated carbocycles. The van der Waals surface area contributed by atoms with Gasteiger partial charge in [-0.1, -0.05) is 30.8 Å². The van der Waals surface area contributed by atoms with Crippen LogP contribution in [0.5, 0.6) is 5.75 Å². The van der Waals surface area contributed by atoms with E-state index in [0.717, 1.165) is 12.3 Å². The van der Waals surface area contributed by atoms with Crippen LogP contribution in [0.4, 0.5) is 13.2 Å². The second-order valence-corrected chi connectivity index (χ2v) is 7.68. The van der Waals surface area contributed by atoms with Crippen LogP contribution in [-0.4, -0.2) is 31.8 Å². The summed E-state index contributed by atoms with van der Waals surface area (Å²) in [6.45, 7) is 4.76. The van der Waals surface area contributed by atoms with Crippen molar-refractivity contribution >= 4 is 0 Å². The number of alkyl halides is 3. The fourth-order valence-corrected chi connectivity index (χ4v) is 3.98. The number of hydrogen-bond acceptors (Lipinski definition) is 3. The summed E-state index contributed by atoms with van der Waals surface area (Å²) in [5.74, 6) is 7.00. The van der Waals surface area contributed by atoms with Crippen LogP contribution in [-0.2, 0) is 9.47 Å². The molecule has 0 N–H and O–H groups in total. The molecular weight excluding hydrogens is 381 g/mol. The highest BCUT2D eigenvalue weighted by molar-refractivity contribution is 5.38. The van der Waals surface area contributed by atoms with Crippen molar-refractivity contribution in [1.29, 1.82) is 0 Å². The molecule has 1 saturated heterocycles. The SMILES string of the molecule is C=CCCC1CCC([C@@H]2CO[C@@H](C#Cc3ccc(OC(F)(F)F)cc3)CO2)CC1. The number of halogens is 3. The van der Waals surface area contributed by atoms with Crippen LogP contribution in [0.15, 0.2) is 36.9 Å². The average Bonchev–Trinajstić information content (AvgIpc) is 2.71. The first kappa shape index (κ1) is 21.7. The summed E-state index contributed by atoms with van der Waals surface area (Å²) < 4.78 is 52.3. The predicted octanol–water partition coefficient (Wildman–Crippen LogP) is 5.49. The molecule has 0 radical (unpaired) electrons. The topological polar surface area (TPSA) is 27.7 Å². The molecule has 1 aromatic rings. The van der Waals surface area contributed by atoms with E-state index in [-0.39, 0.29) is 18.0 Å². The highest BCUT2D eigenvalue weighted by atomic mass is 19.4. The smallest absolute Gasteiger partial charge is 0.406 e. The summed E-state index contributed by atoms with van der Waals surface area (Å²) in [6.07, 6.45) is 4.30. The Morgan fingerprint density at radius 2 is 1.79 bits per heavy atom. The average molecular weight is 408 g/mol. The van der Waals surface area contributed by atoms with E-state index in [4.69, 9.17) is 9.47 Å². The molecule has 0 aromatic heterocycles. The van der Waals surface area contributed by atoms with Crippen molar-refractivity contribution in [3.05, 3.63) is 42.5 Å². The Balaban J connectivity index is 1.42. The lowest BCUT2D eigenvalue weighted by Crippen LogP contribution is -2.40. The summed E-state index contributed by atoms with van der Waals surface area (Å²) in [6, 6.07) is 5.48. The van der Waals surface area contributed by atoms with Crippen molar-refractivity contribution < 1.29 is 27.4 Å². The van der Waals surface area contributed by atoms with E-state index < -0.39 is 6.36 Å². The lowest BCUT2D eigenvalue weighted by molar-refractivity contribution is -0.274. The molecule has 3 nitrogen and oxygen atoms in total. The summed E-state index contributed by atoms with van der Waals surface area (Å²) in [5, 5.41) is 0. The third-order valence-corrected chi connectivity index (χ3v) is 5.58. The minimum absolute atomic E-state index is 0.132. The van der Waals surface area contributed by atoms with Crippen LogP contribution >= 0.6 is 0 Å². The molecule has 1 aliphatic carbocycles. The van der Waals surface area contributed by atoms with Gasteiger partial charge in [0.05, 0.1) is 19.3 Å². The third-order valence-electron chi connectivity index (χ3n) is 5.58. The molecule has 2 atom stereocenters. The van der Waals surface area contributed by atoms with Crippen molar-refractivity contribution in [1.82, 2.24) is 0 Å². The monoisotopic (exact) mass is 408 g/mol. The first-order chi connectivity index (χ1) is 13.9. The van der Waals surface area contributed by atoms with Gasteiger partial charge in [-0.05, 0) is 61.8 Å². The van der Waals surface area contributed by atoms with E-state index >= 15 is 0 Å². The second kappa shape index (κ2) is 10.2. The van der Waals surface area contributed by atoms with Gasteiger partial charge in [0, 0.05) is 5.56 Å². The zero-order chi connectivity index (χ0) is 20.7. The largest absolute Gasteiger partial charge is 0.573 e. The van der Waals surface area contributed by atoms with Crippen LogP contribution in [0.25, 0.3) is 0 Å². The maximum Gasteiger partial charge on any atom is 0.573 e. The van der Waals surface area contributed by atoms with E-state index in [9.17, 15) is 13.2 Å². The van der Waals surface area contributed by atoms with Crippen molar-refractivity contribution in [2.45, 2.75) is 57.1 Å². The lowest BCUT2D eigenvalue weighted by atomic mass is 9.77. The van der Waals surface area contributed by atoms with Gasteiger partial charge in [0.15, 0.2) is 0 Å². The van der Waals surface area contributed by atoms with Gasteiger partial charge in [-0.25, -0.2) is 0 Å². The number of ether oxygens (including phenoxy) is 3. The van der Waals surface area contributed by atoms with Crippen molar-refractivity contribution in [3.63, 3.8) is 0 Å². The zero-order valence-corrected chi connectivity index (χ0v) is 16.4. The summed E-state index contributed by atoms with van der Waals surface area (Å²) in [4.78, 5) is 0. The molecule has 158 valence electrons. The Kier molecular flexibility index (Phi) is 7.63. The van der Waals surface area contributed by atoms with Crippen LogP contribution < -0.4 is 4.74 Å². The number of benzene rings is 1. The molecule has 1 aromatic carbocycles. The van der Waals surface area contributed by atoms with Crippen LogP contribution in [0.2, 0.25) is 0 Å². The highest BCUT2D eigenvalue weighted by Gasteiger charge is 2.32. The standard InChI is InChI=1S/C23H27F3O3/c1-2-3-4-17-5-10-19(11-6-17)22-16-27-21(15-28-22)14-9-18-7-12-20(13-8-18)29-23(24,25)26/h2,7-8,12-13,17,19,21-22H,1,3-6,10-11,15-16H2/t17?,19?,21-,22-/m0/s1. The first-order valence-corrected chi connectivity index (χ1v) is 10.1. The first-order valence-electron chi connectivity index (χ1n) is 10.1. The van der Waals surface area contributed by atoms with Gasteiger partial charge in [-0.15, -0.1) is 19.8 Å². The molecule has 3 rings (SSSR count). The third kappa shape index (κ3) is 7.09. The van der Waals surface area contributed by atoms with E-state index in [1.54, 1.807) is 0 Å². The number of allylic oxidation sites excluding steroid dienone is 1. The molecule has 2 fully saturated rings. The fourth-order valence-electron chi connectivity index (χ4n) is 3.98.